The lowest BCUT2D eigenvalue weighted by atomic mass is 10.0. The zero-order valence-electron chi connectivity index (χ0n) is 11.2. The average molecular weight is 282 g/mol. The number of nitrogens with one attached hydrogen (secondary N) is 1. The number of nitrogens with two attached hydrogens (primary N) is 1. The lowest BCUT2D eigenvalue weighted by Crippen LogP contribution is -2.44. The molecule has 1 atom stereocenters. The predicted octanol–water partition coefficient (Wildman–Crippen LogP) is 2.14. The number of anilines is 1. The molecule has 1 amide bonds. The minimum Gasteiger partial charge on any atom is -0.398 e. The first-order valence-electron chi connectivity index (χ1n) is 6.61. The molecule has 104 valence electrons. The maximum absolute atomic E-state index is 12.0. The van der Waals surface area contributed by atoms with Gasteiger partial charge in [-0.05, 0) is 44.6 Å². The van der Waals surface area contributed by atoms with Crippen LogP contribution in [0.1, 0.15) is 29.6 Å². The molecule has 1 aromatic carbocycles. The van der Waals surface area contributed by atoms with Crippen molar-refractivity contribution in [3.8, 4) is 0 Å². The highest BCUT2D eigenvalue weighted by atomic mass is 35.5. The van der Waals surface area contributed by atoms with E-state index < -0.39 is 0 Å². The molecule has 0 aromatic heterocycles. The maximum atomic E-state index is 12.0. The molecule has 0 radical (unpaired) electrons. The van der Waals surface area contributed by atoms with Crippen LogP contribution in [0.3, 0.4) is 0 Å². The van der Waals surface area contributed by atoms with E-state index >= 15 is 0 Å². The van der Waals surface area contributed by atoms with E-state index in [1.807, 2.05) is 0 Å². The van der Waals surface area contributed by atoms with Gasteiger partial charge in [0.05, 0.1) is 10.7 Å². The van der Waals surface area contributed by atoms with Gasteiger partial charge in [0.25, 0.3) is 5.91 Å². The number of piperidine rings is 1. The zero-order chi connectivity index (χ0) is 13.8. The highest BCUT2D eigenvalue weighted by molar-refractivity contribution is 6.33. The summed E-state index contributed by atoms with van der Waals surface area (Å²) in [5, 5.41) is 3.44. The molecule has 0 spiro atoms. The largest absolute Gasteiger partial charge is 0.398 e. The van der Waals surface area contributed by atoms with Crippen LogP contribution in [0.4, 0.5) is 5.69 Å². The quantitative estimate of drug-likeness (QED) is 0.835. The molecule has 1 aliphatic heterocycles. The fourth-order valence-electron chi connectivity index (χ4n) is 2.40. The Bertz CT molecular complexity index is 464. The van der Waals surface area contributed by atoms with Crippen LogP contribution in [-0.2, 0) is 0 Å². The summed E-state index contributed by atoms with van der Waals surface area (Å²) in [6, 6.07) is 5.39. The van der Waals surface area contributed by atoms with Crippen LogP contribution in [0, 0.1) is 0 Å². The lowest BCUT2D eigenvalue weighted by Gasteiger charge is -2.32. The van der Waals surface area contributed by atoms with E-state index in [1.54, 1.807) is 18.2 Å². The number of carbonyl (C=O) groups excluding carboxylic acids is 1. The van der Waals surface area contributed by atoms with Gasteiger partial charge in [-0.3, -0.25) is 4.79 Å². The Balaban J connectivity index is 1.91. The van der Waals surface area contributed by atoms with Crippen molar-refractivity contribution >= 4 is 23.2 Å². The summed E-state index contributed by atoms with van der Waals surface area (Å²) in [5.74, 6) is -0.0951. The van der Waals surface area contributed by atoms with Crippen LogP contribution >= 0.6 is 11.6 Å². The first kappa shape index (κ1) is 14.2. The molecule has 1 fully saturated rings. The van der Waals surface area contributed by atoms with Gasteiger partial charge in [-0.25, -0.2) is 0 Å². The molecule has 0 saturated carbocycles. The van der Waals surface area contributed by atoms with Gasteiger partial charge in [0, 0.05) is 18.2 Å². The summed E-state index contributed by atoms with van der Waals surface area (Å²) in [6.07, 6.45) is 3.62. The van der Waals surface area contributed by atoms with E-state index in [9.17, 15) is 4.79 Å². The van der Waals surface area contributed by atoms with Crippen molar-refractivity contribution < 1.29 is 4.79 Å². The number of benzene rings is 1. The third-order valence-electron chi connectivity index (χ3n) is 3.68. The number of rotatable bonds is 3. The molecular formula is C14H20ClN3O. The molecule has 0 aliphatic carbocycles. The smallest absolute Gasteiger partial charge is 0.251 e. The van der Waals surface area contributed by atoms with Gasteiger partial charge in [-0.1, -0.05) is 18.0 Å². The first-order chi connectivity index (χ1) is 9.08. The second kappa shape index (κ2) is 6.26. The van der Waals surface area contributed by atoms with Crippen molar-refractivity contribution in [2.24, 2.45) is 0 Å². The molecule has 0 bridgehead atoms. The Morgan fingerprint density at radius 3 is 3.00 bits per heavy atom. The Morgan fingerprint density at radius 1 is 1.53 bits per heavy atom. The summed E-state index contributed by atoms with van der Waals surface area (Å²) < 4.78 is 0. The fourth-order valence-corrected chi connectivity index (χ4v) is 2.52. The molecular weight excluding hydrogens is 262 g/mol. The highest BCUT2D eigenvalue weighted by Crippen LogP contribution is 2.19. The van der Waals surface area contributed by atoms with E-state index in [4.69, 9.17) is 17.3 Å². The average Bonchev–Trinajstić information content (AvgIpc) is 2.40. The molecule has 1 aliphatic rings. The molecule has 1 aromatic rings. The topological polar surface area (TPSA) is 58.4 Å². The number of amides is 1. The van der Waals surface area contributed by atoms with Crippen molar-refractivity contribution in [1.29, 1.82) is 0 Å². The number of nitrogen functional groups attached to an aromatic ring is 1. The molecule has 19 heavy (non-hydrogen) atoms. The number of likely N-dealkylation sites (N-methyl/N-ethyl adjacent to an activating group) is 1. The Morgan fingerprint density at radius 2 is 2.32 bits per heavy atom. The molecule has 2 rings (SSSR count). The van der Waals surface area contributed by atoms with Gasteiger partial charge in [0.15, 0.2) is 0 Å². The molecule has 1 saturated heterocycles. The van der Waals surface area contributed by atoms with Crippen molar-refractivity contribution in [2.45, 2.75) is 25.3 Å². The van der Waals surface area contributed by atoms with E-state index in [-0.39, 0.29) is 5.91 Å². The summed E-state index contributed by atoms with van der Waals surface area (Å²) >= 11 is 5.84. The number of carbonyl (C=O) groups is 1. The van der Waals surface area contributed by atoms with E-state index in [0.29, 0.717) is 28.9 Å². The third kappa shape index (κ3) is 3.61. The monoisotopic (exact) mass is 281 g/mol. The Kier molecular flexibility index (Phi) is 4.66. The van der Waals surface area contributed by atoms with Gasteiger partial charge in [-0.15, -0.1) is 0 Å². The van der Waals surface area contributed by atoms with Crippen LogP contribution in [0.2, 0.25) is 5.02 Å². The Labute approximate surface area is 118 Å². The van der Waals surface area contributed by atoms with E-state index in [0.717, 1.165) is 13.0 Å². The molecule has 5 heteroatoms. The standard InChI is InChI=1S/C14H20ClN3O/c1-18-7-3-2-4-11(18)9-17-14(19)10-5-6-12(15)13(16)8-10/h5-6,8,11H,2-4,7,9,16H2,1H3,(H,17,19). The molecule has 1 unspecified atom stereocenters. The summed E-state index contributed by atoms with van der Waals surface area (Å²) in [6.45, 7) is 1.78. The van der Waals surface area contributed by atoms with Gasteiger partial charge in [0.2, 0.25) is 0 Å². The second-order valence-electron chi connectivity index (χ2n) is 5.08. The van der Waals surface area contributed by atoms with Crippen LogP contribution in [0.5, 0.6) is 0 Å². The number of nitrogens with zero attached hydrogens (tertiary/aromatic N) is 1. The Hall–Kier alpha value is -1.26. The van der Waals surface area contributed by atoms with Crippen molar-refractivity contribution in [3.05, 3.63) is 28.8 Å². The number of halogens is 1. The maximum Gasteiger partial charge on any atom is 0.251 e. The highest BCUT2D eigenvalue weighted by Gasteiger charge is 2.19. The van der Waals surface area contributed by atoms with Crippen LogP contribution < -0.4 is 11.1 Å². The number of hydrogen-bond acceptors (Lipinski definition) is 3. The van der Waals surface area contributed by atoms with Crippen LogP contribution in [0.25, 0.3) is 0 Å². The third-order valence-corrected chi connectivity index (χ3v) is 4.02. The number of hydrogen-bond donors (Lipinski definition) is 2. The predicted molar refractivity (Wildman–Crippen MR) is 78.5 cm³/mol. The van der Waals surface area contributed by atoms with Crippen molar-refractivity contribution in [3.63, 3.8) is 0 Å². The van der Waals surface area contributed by atoms with Gasteiger partial charge in [-0.2, -0.15) is 0 Å². The minimum absolute atomic E-state index is 0.0951. The van der Waals surface area contributed by atoms with Crippen LogP contribution in [0.15, 0.2) is 18.2 Å². The summed E-state index contributed by atoms with van der Waals surface area (Å²) in [4.78, 5) is 14.3. The molecule has 3 N–H and O–H groups in total. The number of likely N-dealkylation sites (tertiary alicyclic amines) is 1. The van der Waals surface area contributed by atoms with Gasteiger partial charge < -0.3 is 16.0 Å². The summed E-state index contributed by atoms with van der Waals surface area (Å²) in [7, 11) is 2.11. The van der Waals surface area contributed by atoms with Gasteiger partial charge >= 0.3 is 0 Å². The normalized spacial score (nSPS) is 20.2. The van der Waals surface area contributed by atoms with Crippen LogP contribution in [-0.4, -0.2) is 37.0 Å². The lowest BCUT2D eigenvalue weighted by molar-refractivity contribution is 0.0928. The van der Waals surface area contributed by atoms with Crippen molar-refractivity contribution in [1.82, 2.24) is 10.2 Å². The van der Waals surface area contributed by atoms with Crippen molar-refractivity contribution in [2.75, 3.05) is 25.9 Å². The fraction of sp³-hybridized carbons (Fsp3) is 0.500. The summed E-state index contributed by atoms with van der Waals surface area (Å²) in [5.41, 5.74) is 6.69. The second-order valence-corrected chi connectivity index (χ2v) is 5.48. The van der Waals surface area contributed by atoms with E-state index in [1.165, 1.54) is 12.8 Å². The minimum atomic E-state index is -0.0951. The SMILES string of the molecule is CN1CCCCC1CNC(=O)c1ccc(Cl)c(N)c1. The molecule has 1 heterocycles. The molecule has 4 nitrogen and oxygen atoms in total. The van der Waals surface area contributed by atoms with E-state index in [2.05, 4.69) is 17.3 Å². The first-order valence-corrected chi connectivity index (χ1v) is 6.99. The van der Waals surface area contributed by atoms with Gasteiger partial charge in [0.1, 0.15) is 0 Å². The zero-order valence-corrected chi connectivity index (χ0v) is 11.9.